The van der Waals surface area contributed by atoms with Gasteiger partial charge in [0.1, 0.15) is 0 Å². The minimum Gasteiger partial charge on any atom is -0.313 e. The van der Waals surface area contributed by atoms with Gasteiger partial charge >= 0.3 is 0 Å². The summed E-state index contributed by atoms with van der Waals surface area (Å²) in [5.74, 6) is 0.938. The van der Waals surface area contributed by atoms with Gasteiger partial charge in [-0.05, 0) is 31.8 Å². The Balaban J connectivity index is 1.79. The summed E-state index contributed by atoms with van der Waals surface area (Å²) < 4.78 is 0. The van der Waals surface area contributed by atoms with E-state index in [-0.39, 0.29) is 0 Å². The number of rotatable bonds is 1. The van der Waals surface area contributed by atoms with Crippen molar-refractivity contribution < 1.29 is 0 Å². The average molecular weight is 183 g/mol. The Morgan fingerprint density at radius 3 is 2.54 bits per heavy atom. The number of piperazine rings is 1. The molecule has 2 rings (SSSR count). The molecule has 2 aliphatic rings. The summed E-state index contributed by atoms with van der Waals surface area (Å²) in [6.07, 6.45) is 3.34. The highest BCUT2D eigenvalue weighted by atomic mass is 15.3. The van der Waals surface area contributed by atoms with E-state index in [4.69, 9.17) is 0 Å². The molecule has 0 aliphatic carbocycles. The quantitative estimate of drug-likeness (QED) is 0.610. The van der Waals surface area contributed by atoms with Crippen LogP contribution in [0.1, 0.15) is 19.8 Å². The maximum absolute atomic E-state index is 3.57. The van der Waals surface area contributed by atoms with Gasteiger partial charge in [-0.2, -0.15) is 0 Å². The van der Waals surface area contributed by atoms with Crippen LogP contribution < -0.4 is 10.6 Å². The maximum Gasteiger partial charge on any atom is 0.0726 e. The van der Waals surface area contributed by atoms with Crippen molar-refractivity contribution in [3.05, 3.63) is 0 Å². The Hall–Kier alpha value is -0.120. The van der Waals surface area contributed by atoms with Crippen molar-refractivity contribution in [2.75, 3.05) is 32.7 Å². The first kappa shape index (κ1) is 9.44. The van der Waals surface area contributed by atoms with Crippen molar-refractivity contribution in [1.82, 2.24) is 15.5 Å². The molecule has 76 valence electrons. The molecule has 2 fully saturated rings. The van der Waals surface area contributed by atoms with Gasteiger partial charge in [-0.3, -0.25) is 10.2 Å². The standard InChI is InChI=1S/C10H21N3/c1-9-2-6-13(7-3-9)10-8-11-4-5-12-10/h9-12H,2-8H2,1H3. The van der Waals surface area contributed by atoms with Gasteiger partial charge in [0.05, 0.1) is 6.17 Å². The highest BCUT2D eigenvalue weighted by Crippen LogP contribution is 2.17. The third-order valence-electron chi connectivity index (χ3n) is 3.28. The molecule has 0 bridgehead atoms. The Morgan fingerprint density at radius 1 is 1.15 bits per heavy atom. The molecule has 3 nitrogen and oxygen atoms in total. The zero-order valence-corrected chi connectivity index (χ0v) is 8.55. The van der Waals surface area contributed by atoms with Crippen LogP contribution in [0.25, 0.3) is 0 Å². The van der Waals surface area contributed by atoms with Gasteiger partial charge < -0.3 is 5.32 Å². The van der Waals surface area contributed by atoms with Gasteiger partial charge in [0.15, 0.2) is 0 Å². The first-order chi connectivity index (χ1) is 6.36. The SMILES string of the molecule is CC1CCN(C2CNCCN2)CC1. The molecular weight excluding hydrogens is 162 g/mol. The number of nitrogens with zero attached hydrogens (tertiary/aromatic N) is 1. The van der Waals surface area contributed by atoms with Crippen LogP contribution in [-0.2, 0) is 0 Å². The second kappa shape index (κ2) is 4.40. The molecule has 2 aliphatic heterocycles. The fraction of sp³-hybridized carbons (Fsp3) is 1.00. The third kappa shape index (κ3) is 2.42. The molecule has 0 amide bonds. The van der Waals surface area contributed by atoms with E-state index in [0.717, 1.165) is 25.6 Å². The summed E-state index contributed by atoms with van der Waals surface area (Å²) in [5.41, 5.74) is 0. The van der Waals surface area contributed by atoms with Gasteiger partial charge in [-0.25, -0.2) is 0 Å². The summed E-state index contributed by atoms with van der Waals surface area (Å²) in [6.45, 7) is 8.29. The van der Waals surface area contributed by atoms with Crippen molar-refractivity contribution in [1.29, 1.82) is 0 Å². The largest absolute Gasteiger partial charge is 0.313 e. The first-order valence-electron chi connectivity index (χ1n) is 5.54. The Labute approximate surface area is 80.9 Å². The fourth-order valence-corrected chi connectivity index (χ4v) is 2.24. The molecule has 0 aromatic heterocycles. The van der Waals surface area contributed by atoms with E-state index in [1.54, 1.807) is 0 Å². The van der Waals surface area contributed by atoms with E-state index in [2.05, 4.69) is 22.5 Å². The summed E-state index contributed by atoms with van der Waals surface area (Å²) in [7, 11) is 0. The second-order valence-electron chi connectivity index (χ2n) is 4.39. The molecule has 2 N–H and O–H groups in total. The van der Waals surface area contributed by atoms with E-state index < -0.39 is 0 Å². The Bertz CT molecular complexity index is 146. The maximum atomic E-state index is 3.57. The lowest BCUT2D eigenvalue weighted by atomic mass is 9.99. The number of likely N-dealkylation sites (tertiary alicyclic amines) is 1. The Morgan fingerprint density at radius 2 is 1.92 bits per heavy atom. The summed E-state index contributed by atoms with van der Waals surface area (Å²) >= 11 is 0. The number of hydrogen-bond acceptors (Lipinski definition) is 3. The molecular formula is C10H21N3. The molecule has 1 atom stereocenters. The number of piperidine rings is 1. The smallest absolute Gasteiger partial charge is 0.0726 e. The summed E-state index contributed by atoms with van der Waals surface area (Å²) in [6, 6.07) is 0. The molecule has 1 unspecified atom stereocenters. The van der Waals surface area contributed by atoms with Crippen molar-refractivity contribution in [3.8, 4) is 0 Å². The molecule has 0 aromatic rings. The minimum absolute atomic E-state index is 0.598. The fourth-order valence-electron chi connectivity index (χ4n) is 2.24. The predicted molar refractivity (Wildman–Crippen MR) is 54.6 cm³/mol. The molecule has 0 aromatic carbocycles. The molecule has 13 heavy (non-hydrogen) atoms. The zero-order chi connectivity index (χ0) is 9.10. The molecule has 3 heteroatoms. The van der Waals surface area contributed by atoms with Crippen LogP contribution in [0.3, 0.4) is 0 Å². The lowest BCUT2D eigenvalue weighted by Crippen LogP contribution is -2.58. The molecule has 0 spiro atoms. The lowest BCUT2D eigenvalue weighted by Gasteiger charge is -2.39. The highest BCUT2D eigenvalue weighted by molar-refractivity contribution is 4.80. The van der Waals surface area contributed by atoms with Crippen LogP contribution in [0.4, 0.5) is 0 Å². The van der Waals surface area contributed by atoms with Crippen LogP contribution in [0.5, 0.6) is 0 Å². The van der Waals surface area contributed by atoms with E-state index in [1.807, 2.05) is 0 Å². The molecule has 0 radical (unpaired) electrons. The van der Waals surface area contributed by atoms with Gasteiger partial charge in [0.25, 0.3) is 0 Å². The van der Waals surface area contributed by atoms with Crippen LogP contribution in [0.15, 0.2) is 0 Å². The van der Waals surface area contributed by atoms with Gasteiger partial charge in [-0.15, -0.1) is 0 Å². The van der Waals surface area contributed by atoms with Crippen molar-refractivity contribution in [2.24, 2.45) is 5.92 Å². The van der Waals surface area contributed by atoms with Crippen molar-refractivity contribution in [3.63, 3.8) is 0 Å². The van der Waals surface area contributed by atoms with Crippen LogP contribution in [0.2, 0.25) is 0 Å². The summed E-state index contributed by atoms with van der Waals surface area (Å²) in [4.78, 5) is 2.59. The monoisotopic (exact) mass is 183 g/mol. The highest BCUT2D eigenvalue weighted by Gasteiger charge is 2.23. The molecule has 0 saturated carbocycles. The van der Waals surface area contributed by atoms with Gasteiger partial charge in [-0.1, -0.05) is 6.92 Å². The van der Waals surface area contributed by atoms with Crippen molar-refractivity contribution in [2.45, 2.75) is 25.9 Å². The molecule has 2 heterocycles. The van der Waals surface area contributed by atoms with E-state index in [0.29, 0.717) is 6.17 Å². The molecule has 2 saturated heterocycles. The first-order valence-corrected chi connectivity index (χ1v) is 5.54. The third-order valence-corrected chi connectivity index (χ3v) is 3.28. The van der Waals surface area contributed by atoms with Crippen molar-refractivity contribution >= 4 is 0 Å². The van der Waals surface area contributed by atoms with Crippen LogP contribution in [-0.4, -0.2) is 43.8 Å². The average Bonchev–Trinajstić information content (AvgIpc) is 2.20. The minimum atomic E-state index is 0.598. The topological polar surface area (TPSA) is 27.3 Å². The van der Waals surface area contributed by atoms with Gasteiger partial charge in [0, 0.05) is 19.6 Å². The zero-order valence-electron chi connectivity index (χ0n) is 8.55. The number of hydrogen-bond donors (Lipinski definition) is 2. The van der Waals surface area contributed by atoms with E-state index in [9.17, 15) is 0 Å². The number of nitrogens with one attached hydrogen (secondary N) is 2. The van der Waals surface area contributed by atoms with Crippen LogP contribution in [0, 0.1) is 5.92 Å². The Kier molecular flexibility index (Phi) is 3.19. The van der Waals surface area contributed by atoms with Gasteiger partial charge in [0.2, 0.25) is 0 Å². The normalized spacial score (nSPS) is 33.5. The predicted octanol–water partition coefficient (Wildman–Crippen LogP) is 0.237. The summed E-state index contributed by atoms with van der Waals surface area (Å²) in [5, 5.41) is 7.01. The van der Waals surface area contributed by atoms with Crippen LogP contribution >= 0.6 is 0 Å². The second-order valence-corrected chi connectivity index (χ2v) is 4.39. The van der Waals surface area contributed by atoms with E-state index >= 15 is 0 Å². The lowest BCUT2D eigenvalue weighted by molar-refractivity contribution is 0.105. The van der Waals surface area contributed by atoms with E-state index in [1.165, 1.54) is 25.9 Å².